The molecule has 3 rings (SSSR count). The molecule has 1 amide bonds. The maximum Gasteiger partial charge on any atom is 0.329 e. The highest BCUT2D eigenvalue weighted by atomic mass is 16.5. The molecule has 1 aliphatic rings. The lowest BCUT2D eigenvalue weighted by Crippen LogP contribution is -2.38. The van der Waals surface area contributed by atoms with Crippen molar-refractivity contribution in [1.29, 1.82) is 0 Å². The van der Waals surface area contributed by atoms with Crippen LogP contribution in [0.3, 0.4) is 0 Å². The minimum Gasteiger partial charge on any atom is -0.496 e. The number of nitrogens with zero attached hydrogens (tertiary/aromatic N) is 3. The molecule has 108 valence electrons. The topological polar surface area (TPSA) is 64.4 Å². The standard InChI is InChI=1S/C15H15N3O3/c1-21-14-7-11-2-4-17(8-12(11)6-13(14)9-19)15(20)18-5-3-16-10-18/h3,5-7,9-10H,2,4,8H2,1H3. The molecule has 2 heterocycles. The van der Waals surface area contributed by atoms with Crippen molar-refractivity contribution in [2.75, 3.05) is 13.7 Å². The Bertz CT molecular complexity index is 680. The fourth-order valence-corrected chi connectivity index (χ4v) is 2.57. The molecule has 0 aliphatic carbocycles. The number of methoxy groups -OCH3 is 1. The summed E-state index contributed by atoms with van der Waals surface area (Å²) in [6.07, 6.45) is 6.21. The van der Waals surface area contributed by atoms with Gasteiger partial charge in [-0.2, -0.15) is 0 Å². The molecule has 0 bridgehead atoms. The molecule has 1 aliphatic heterocycles. The first kappa shape index (κ1) is 13.4. The number of carbonyl (C=O) groups excluding carboxylic acids is 2. The van der Waals surface area contributed by atoms with Crippen molar-refractivity contribution in [2.45, 2.75) is 13.0 Å². The van der Waals surface area contributed by atoms with E-state index in [0.29, 0.717) is 24.4 Å². The summed E-state index contributed by atoms with van der Waals surface area (Å²) in [5.41, 5.74) is 2.61. The number of imidazole rings is 1. The summed E-state index contributed by atoms with van der Waals surface area (Å²) in [5, 5.41) is 0. The van der Waals surface area contributed by atoms with Gasteiger partial charge in [0, 0.05) is 25.5 Å². The van der Waals surface area contributed by atoms with Gasteiger partial charge in [0.15, 0.2) is 6.29 Å². The monoisotopic (exact) mass is 285 g/mol. The SMILES string of the molecule is COc1cc2c(cc1C=O)CN(C(=O)n1ccnc1)CC2. The molecule has 6 heteroatoms. The zero-order valence-corrected chi connectivity index (χ0v) is 11.7. The largest absolute Gasteiger partial charge is 0.496 e. The lowest BCUT2D eigenvalue weighted by atomic mass is 9.97. The molecule has 1 aromatic heterocycles. The third-order valence-corrected chi connectivity index (χ3v) is 3.69. The molecule has 1 aromatic carbocycles. The Labute approximate surface area is 122 Å². The minimum atomic E-state index is -0.110. The van der Waals surface area contributed by atoms with Gasteiger partial charge in [-0.05, 0) is 29.7 Å². The molecule has 0 radical (unpaired) electrons. The number of amides is 1. The Balaban J connectivity index is 1.88. The molecule has 0 unspecified atom stereocenters. The predicted octanol–water partition coefficient (Wildman–Crippen LogP) is 1.73. The second kappa shape index (κ2) is 5.40. The predicted molar refractivity (Wildman–Crippen MR) is 75.5 cm³/mol. The van der Waals surface area contributed by atoms with Crippen LogP contribution in [0.15, 0.2) is 30.9 Å². The van der Waals surface area contributed by atoms with E-state index >= 15 is 0 Å². The Morgan fingerprint density at radius 1 is 1.38 bits per heavy atom. The summed E-state index contributed by atoms with van der Waals surface area (Å²) in [6, 6.07) is 3.58. The fraction of sp³-hybridized carbons (Fsp3) is 0.267. The molecular formula is C15H15N3O3. The highest BCUT2D eigenvalue weighted by Crippen LogP contribution is 2.27. The quantitative estimate of drug-likeness (QED) is 0.788. The molecule has 0 N–H and O–H groups in total. The molecule has 21 heavy (non-hydrogen) atoms. The number of hydrogen-bond acceptors (Lipinski definition) is 4. The third-order valence-electron chi connectivity index (χ3n) is 3.69. The van der Waals surface area contributed by atoms with Gasteiger partial charge in [-0.1, -0.05) is 0 Å². The van der Waals surface area contributed by atoms with Gasteiger partial charge in [-0.3, -0.25) is 9.36 Å². The van der Waals surface area contributed by atoms with Crippen molar-refractivity contribution in [1.82, 2.24) is 14.5 Å². The average molecular weight is 285 g/mol. The van der Waals surface area contributed by atoms with E-state index in [2.05, 4.69) is 4.98 Å². The summed E-state index contributed by atoms with van der Waals surface area (Å²) < 4.78 is 6.66. The van der Waals surface area contributed by atoms with Crippen LogP contribution in [-0.4, -0.2) is 40.4 Å². The first-order chi connectivity index (χ1) is 10.2. The first-order valence-electron chi connectivity index (χ1n) is 6.65. The van der Waals surface area contributed by atoms with E-state index in [1.54, 1.807) is 30.5 Å². The number of rotatable bonds is 2. The molecule has 0 fully saturated rings. The second-order valence-electron chi connectivity index (χ2n) is 4.90. The van der Waals surface area contributed by atoms with Gasteiger partial charge in [0.25, 0.3) is 0 Å². The number of aromatic nitrogens is 2. The maximum absolute atomic E-state index is 12.3. The van der Waals surface area contributed by atoms with Crippen LogP contribution < -0.4 is 4.74 Å². The van der Waals surface area contributed by atoms with E-state index in [0.717, 1.165) is 23.8 Å². The van der Waals surface area contributed by atoms with Crippen LogP contribution in [0.25, 0.3) is 0 Å². The van der Waals surface area contributed by atoms with Gasteiger partial charge in [-0.15, -0.1) is 0 Å². The van der Waals surface area contributed by atoms with Crippen molar-refractivity contribution < 1.29 is 14.3 Å². The van der Waals surface area contributed by atoms with E-state index in [1.807, 2.05) is 6.07 Å². The molecule has 6 nitrogen and oxygen atoms in total. The molecular weight excluding hydrogens is 270 g/mol. The van der Waals surface area contributed by atoms with Crippen LogP contribution in [0.5, 0.6) is 5.75 Å². The maximum atomic E-state index is 12.3. The number of ether oxygens (including phenoxy) is 1. The van der Waals surface area contributed by atoms with E-state index in [-0.39, 0.29) is 6.03 Å². The van der Waals surface area contributed by atoms with Gasteiger partial charge < -0.3 is 9.64 Å². The molecule has 0 saturated heterocycles. The lowest BCUT2D eigenvalue weighted by Gasteiger charge is -2.29. The van der Waals surface area contributed by atoms with Gasteiger partial charge in [-0.25, -0.2) is 9.78 Å². The van der Waals surface area contributed by atoms with Crippen LogP contribution in [0.4, 0.5) is 4.79 Å². The number of aldehydes is 1. The highest BCUT2D eigenvalue weighted by Gasteiger charge is 2.23. The zero-order chi connectivity index (χ0) is 14.8. The van der Waals surface area contributed by atoms with Crippen LogP contribution in [-0.2, 0) is 13.0 Å². The van der Waals surface area contributed by atoms with Crippen molar-refractivity contribution in [3.05, 3.63) is 47.5 Å². The van der Waals surface area contributed by atoms with Gasteiger partial charge >= 0.3 is 6.03 Å². The van der Waals surface area contributed by atoms with Crippen LogP contribution >= 0.6 is 0 Å². The van der Waals surface area contributed by atoms with Crippen molar-refractivity contribution in [3.8, 4) is 5.75 Å². The summed E-state index contributed by atoms with van der Waals surface area (Å²) in [5.74, 6) is 0.582. The Morgan fingerprint density at radius 2 is 2.24 bits per heavy atom. The van der Waals surface area contributed by atoms with Gasteiger partial charge in [0.1, 0.15) is 12.1 Å². The summed E-state index contributed by atoms with van der Waals surface area (Å²) >= 11 is 0. The Hall–Kier alpha value is -2.63. The van der Waals surface area contributed by atoms with Crippen molar-refractivity contribution in [2.24, 2.45) is 0 Å². The van der Waals surface area contributed by atoms with E-state index in [4.69, 9.17) is 4.74 Å². The molecule has 0 saturated carbocycles. The van der Waals surface area contributed by atoms with Crippen molar-refractivity contribution >= 4 is 12.3 Å². The van der Waals surface area contributed by atoms with Gasteiger partial charge in [0.2, 0.25) is 0 Å². The van der Waals surface area contributed by atoms with Gasteiger partial charge in [0.05, 0.1) is 12.7 Å². The fourth-order valence-electron chi connectivity index (χ4n) is 2.57. The van der Waals surface area contributed by atoms with Crippen LogP contribution in [0.1, 0.15) is 21.5 Å². The number of benzene rings is 1. The number of fused-ring (bicyclic) bond motifs is 1. The minimum absolute atomic E-state index is 0.110. The Kier molecular flexibility index (Phi) is 3.43. The smallest absolute Gasteiger partial charge is 0.329 e. The number of hydrogen-bond donors (Lipinski definition) is 0. The second-order valence-corrected chi connectivity index (χ2v) is 4.90. The first-order valence-corrected chi connectivity index (χ1v) is 6.65. The van der Waals surface area contributed by atoms with E-state index < -0.39 is 0 Å². The lowest BCUT2D eigenvalue weighted by molar-refractivity contribution is 0.112. The van der Waals surface area contributed by atoms with Crippen LogP contribution in [0.2, 0.25) is 0 Å². The number of carbonyl (C=O) groups is 2. The van der Waals surface area contributed by atoms with E-state index in [9.17, 15) is 9.59 Å². The zero-order valence-electron chi connectivity index (χ0n) is 11.7. The third kappa shape index (κ3) is 2.40. The summed E-state index contributed by atoms with van der Waals surface area (Å²) in [6.45, 7) is 1.12. The van der Waals surface area contributed by atoms with Crippen molar-refractivity contribution in [3.63, 3.8) is 0 Å². The van der Waals surface area contributed by atoms with Crippen LogP contribution in [0, 0.1) is 0 Å². The molecule has 2 aromatic rings. The molecule has 0 atom stereocenters. The Morgan fingerprint density at radius 3 is 2.90 bits per heavy atom. The average Bonchev–Trinajstić information content (AvgIpc) is 3.06. The highest BCUT2D eigenvalue weighted by molar-refractivity contribution is 5.81. The molecule has 0 spiro atoms. The summed E-state index contributed by atoms with van der Waals surface area (Å²) in [4.78, 5) is 29.0. The summed E-state index contributed by atoms with van der Waals surface area (Å²) in [7, 11) is 1.55. The van der Waals surface area contributed by atoms with E-state index in [1.165, 1.54) is 10.9 Å². The normalized spacial score (nSPS) is 13.7.